The number of halogens is 6. The monoisotopic (exact) mass is 1050 g/mol. The lowest BCUT2D eigenvalue weighted by atomic mass is 9.94. The molecule has 0 aliphatic carbocycles. The summed E-state index contributed by atoms with van der Waals surface area (Å²) in [5.74, 6) is 0. The molecule has 15 aromatic rings. The van der Waals surface area contributed by atoms with Crippen LogP contribution in [0.3, 0.4) is 0 Å². The molecule has 11 aromatic carbocycles. The maximum Gasteiger partial charge on any atom is 0.416 e. The molecule has 0 spiro atoms. The molecule has 0 bridgehead atoms. The molecule has 5 nitrogen and oxygen atoms in total. The van der Waals surface area contributed by atoms with Crippen molar-refractivity contribution in [2.75, 3.05) is 0 Å². The van der Waals surface area contributed by atoms with Crippen molar-refractivity contribution in [1.29, 1.82) is 5.26 Å². The highest BCUT2D eigenvalue weighted by Gasteiger charge is 2.37. The smallest absolute Gasteiger partial charge is 0.309 e. The molecule has 0 fully saturated rings. The zero-order chi connectivity index (χ0) is 54.2. The van der Waals surface area contributed by atoms with Gasteiger partial charge in [0, 0.05) is 65.6 Å². The summed E-state index contributed by atoms with van der Waals surface area (Å²) in [6, 6.07) is 76.2. The summed E-state index contributed by atoms with van der Waals surface area (Å²) in [6.45, 7) is 0. The average Bonchev–Trinajstić information content (AvgIpc) is 4.36. The number of rotatable bonds is 6. The van der Waals surface area contributed by atoms with Crippen LogP contribution < -0.4 is 0 Å². The SMILES string of the molecule is N#Cc1ccc(-c2ccc(-c3cc(C(F)(F)F)cc(C(F)(F)F)c3)cc2-n2c3ccccc3c3cc(-n4c5ccccc5c5ccccc54)ccc32)c(-n2c3ccccc3c3cc(-n4c5ccccc5c5ccccc54)ccc32)c1. The molecule has 0 N–H and O–H groups in total. The summed E-state index contributed by atoms with van der Waals surface area (Å²) in [6.07, 6.45) is -10.1. The van der Waals surface area contributed by atoms with Crippen molar-refractivity contribution >= 4 is 87.2 Å². The number of aromatic nitrogens is 4. The third kappa shape index (κ3) is 7.12. The van der Waals surface area contributed by atoms with Crippen molar-refractivity contribution in [3.8, 4) is 51.1 Å². The van der Waals surface area contributed by atoms with E-state index in [1.807, 2.05) is 120 Å². The van der Waals surface area contributed by atoms with E-state index in [0.29, 0.717) is 28.1 Å². The Kier molecular flexibility index (Phi) is 10.2. The molecule has 11 heteroatoms. The van der Waals surface area contributed by atoms with Gasteiger partial charge in [-0.3, -0.25) is 0 Å². The summed E-state index contributed by atoms with van der Waals surface area (Å²) in [5, 5.41) is 18.7. The highest BCUT2D eigenvalue weighted by molar-refractivity contribution is 6.15. The molecule has 80 heavy (non-hydrogen) atoms. The van der Waals surface area contributed by atoms with Crippen LogP contribution in [0.4, 0.5) is 26.3 Å². The van der Waals surface area contributed by atoms with Crippen LogP contribution in [0.25, 0.3) is 132 Å². The maximum absolute atomic E-state index is 14.6. The Morgan fingerprint density at radius 1 is 0.287 bits per heavy atom. The molecule has 0 saturated carbocycles. The van der Waals surface area contributed by atoms with Crippen molar-refractivity contribution in [1.82, 2.24) is 18.3 Å². The molecule has 382 valence electrons. The van der Waals surface area contributed by atoms with Crippen LogP contribution in [0.1, 0.15) is 16.7 Å². The van der Waals surface area contributed by atoms with E-state index in [-0.39, 0.29) is 17.2 Å². The van der Waals surface area contributed by atoms with E-state index in [0.717, 1.165) is 111 Å². The fraction of sp³-hybridized carbons (Fsp3) is 0.0290. The van der Waals surface area contributed by atoms with Crippen LogP contribution in [0.2, 0.25) is 0 Å². The van der Waals surface area contributed by atoms with Crippen LogP contribution in [0.5, 0.6) is 0 Å². The van der Waals surface area contributed by atoms with E-state index in [1.54, 1.807) is 24.3 Å². The largest absolute Gasteiger partial charge is 0.416 e. The molecule has 15 rings (SSSR count). The fourth-order valence-electron chi connectivity index (χ4n) is 12.4. The standard InChI is InChI=1S/C69H39F6N5/c70-68(71,72)44-34-43(35-45(37-44)69(73,74)75)42-26-30-55(67(36-42)80-63-24-12-6-18-53(63)57-39-47(28-32-65(57)80)78-60-21-9-3-15-50(60)51-16-4-10-22-61(51)78)54-29-25-41(40-76)33-66(54)79-62-23-11-5-17-52(62)56-38-46(27-31-64(56)79)77-58-19-7-1-13-48(58)49-14-2-8-20-59(49)77/h1-39H. The summed E-state index contributed by atoms with van der Waals surface area (Å²) in [4.78, 5) is 0. The Morgan fingerprint density at radius 2 is 0.625 bits per heavy atom. The second kappa shape index (κ2) is 17.3. The van der Waals surface area contributed by atoms with Crippen LogP contribution in [0, 0.1) is 11.3 Å². The second-order valence-corrected chi connectivity index (χ2v) is 20.2. The highest BCUT2D eigenvalue weighted by atomic mass is 19.4. The third-order valence-corrected chi connectivity index (χ3v) is 15.8. The third-order valence-electron chi connectivity index (χ3n) is 15.8. The van der Waals surface area contributed by atoms with Gasteiger partial charge in [0.05, 0.1) is 78.3 Å². The Hall–Kier alpha value is -10.3. The van der Waals surface area contributed by atoms with E-state index in [2.05, 4.69) is 98.6 Å². The average molecular weight is 1050 g/mol. The van der Waals surface area contributed by atoms with Crippen molar-refractivity contribution in [2.45, 2.75) is 12.4 Å². The fourth-order valence-corrected chi connectivity index (χ4v) is 12.4. The molecule has 0 aliphatic rings. The number of nitrogens with zero attached hydrogens (tertiary/aromatic N) is 5. The molecular weight excluding hydrogens is 1010 g/mol. The summed E-state index contributed by atoms with van der Waals surface area (Å²) in [5.41, 5.74) is 9.07. The van der Waals surface area contributed by atoms with Crippen LogP contribution >= 0.6 is 0 Å². The zero-order valence-corrected chi connectivity index (χ0v) is 42.0. The minimum absolute atomic E-state index is 0.137. The first-order valence-electron chi connectivity index (χ1n) is 25.9. The van der Waals surface area contributed by atoms with Crippen molar-refractivity contribution in [3.63, 3.8) is 0 Å². The number of benzene rings is 11. The van der Waals surface area contributed by atoms with E-state index in [4.69, 9.17) is 0 Å². The molecule has 0 amide bonds. The number of para-hydroxylation sites is 6. The van der Waals surface area contributed by atoms with Crippen LogP contribution in [-0.2, 0) is 12.4 Å². The number of hydrogen-bond donors (Lipinski definition) is 0. The second-order valence-electron chi connectivity index (χ2n) is 20.2. The predicted octanol–water partition coefficient (Wildman–Crippen LogP) is 19.3. The maximum atomic E-state index is 14.6. The van der Waals surface area contributed by atoms with Gasteiger partial charge in [-0.1, -0.05) is 127 Å². The van der Waals surface area contributed by atoms with Crippen molar-refractivity contribution in [2.24, 2.45) is 0 Å². The molecule has 0 radical (unpaired) electrons. The lowest BCUT2D eigenvalue weighted by molar-refractivity contribution is -0.143. The van der Waals surface area contributed by atoms with E-state index in [1.165, 1.54) is 0 Å². The van der Waals surface area contributed by atoms with Crippen LogP contribution in [0.15, 0.2) is 237 Å². The number of hydrogen-bond acceptors (Lipinski definition) is 1. The lowest BCUT2D eigenvalue weighted by Crippen LogP contribution is -2.11. The molecule has 0 unspecified atom stereocenters. The number of alkyl halides is 6. The topological polar surface area (TPSA) is 43.5 Å². The van der Waals surface area contributed by atoms with Gasteiger partial charge in [-0.25, -0.2) is 0 Å². The normalized spacial score (nSPS) is 12.4. The van der Waals surface area contributed by atoms with E-state index in [9.17, 15) is 31.6 Å². The van der Waals surface area contributed by atoms with E-state index < -0.39 is 23.5 Å². The number of nitriles is 1. The molecular formula is C69H39F6N5. The van der Waals surface area contributed by atoms with Gasteiger partial charge in [0.1, 0.15) is 0 Å². The summed E-state index contributed by atoms with van der Waals surface area (Å²) < 4.78 is 96.1. The van der Waals surface area contributed by atoms with Gasteiger partial charge >= 0.3 is 12.4 Å². The summed E-state index contributed by atoms with van der Waals surface area (Å²) >= 11 is 0. The minimum atomic E-state index is -5.07. The predicted molar refractivity (Wildman–Crippen MR) is 309 cm³/mol. The Bertz CT molecular complexity index is 5000. The highest BCUT2D eigenvalue weighted by Crippen LogP contribution is 2.46. The molecule has 0 atom stereocenters. The van der Waals surface area contributed by atoms with Gasteiger partial charge in [-0.15, -0.1) is 0 Å². The first-order valence-corrected chi connectivity index (χ1v) is 25.9. The van der Waals surface area contributed by atoms with Gasteiger partial charge in [0.2, 0.25) is 0 Å². The first kappa shape index (κ1) is 46.9. The molecule has 0 saturated heterocycles. The van der Waals surface area contributed by atoms with Crippen LogP contribution in [-0.4, -0.2) is 18.3 Å². The minimum Gasteiger partial charge on any atom is -0.309 e. The quantitative estimate of drug-likeness (QED) is 0.153. The van der Waals surface area contributed by atoms with Gasteiger partial charge in [0.25, 0.3) is 0 Å². The van der Waals surface area contributed by atoms with Crippen molar-refractivity contribution < 1.29 is 26.3 Å². The first-order chi connectivity index (χ1) is 38.9. The Balaban J connectivity index is 1.01. The Morgan fingerprint density at radius 3 is 1.01 bits per heavy atom. The van der Waals surface area contributed by atoms with Gasteiger partial charge in [-0.2, -0.15) is 31.6 Å². The van der Waals surface area contributed by atoms with Crippen molar-refractivity contribution in [3.05, 3.63) is 253 Å². The van der Waals surface area contributed by atoms with Gasteiger partial charge < -0.3 is 18.3 Å². The van der Waals surface area contributed by atoms with E-state index >= 15 is 0 Å². The van der Waals surface area contributed by atoms with Gasteiger partial charge in [-0.05, 0) is 120 Å². The summed E-state index contributed by atoms with van der Waals surface area (Å²) in [7, 11) is 0. The lowest BCUT2D eigenvalue weighted by Gasteiger charge is -2.21. The molecule has 0 aliphatic heterocycles. The number of fused-ring (bicyclic) bond motifs is 12. The molecule has 4 heterocycles. The zero-order valence-electron chi connectivity index (χ0n) is 42.0. The molecule has 4 aromatic heterocycles. The van der Waals surface area contributed by atoms with Gasteiger partial charge in [0.15, 0.2) is 0 Å². The Labute approximate surface area is 451 Å².